The van der Waals surface area contributed by atoms with Crippen molar-refractivity contribution in [3.05, 3.63) is 66.2 Å². The number of anilines is 1. The van der Waals surface area contributed by atoms with E-state index in [4.69, 9.17) is 9.47 Å². The molecular weight excluding hydrogens is 356 g/mol. The zero-order valence-electron chi connectivity index (χ0n) is 15.1. The second-order valence-electron chi connectivity index (χ2n) is 6.87. The molecule has 0 aromatic heterocycles. The van der Waals surface area contributed by atoms with Crippen LogP contribution in [0.4, 0.5) is 5.69 Å². The molecule has 1 atom stereocenters. The van der Waals surface area contributed by atoms with Crippen molar-refractivity contribution < 1.29 is 19.1 Å². The van der Waals surface area contributed by atoms with Crippen molar-refractivity contribution in [2.24, 2.45) is 0 Å². The summed E-state index contributed by atoms with van der Waals surface area (Å²) in [5.74, 6) is 0.997. The number of hydrogen-bond acceptors (Lipinski definition) is 4. The molecule has 0 radical (unpaired) electrons. The largest absolute Gasteiger partial charge is 0.486 e. The summed E-state index contributed by atoms with van der Waals surface area (Å²) in [6.45, 7) is 0.647. The highest BCUT2D eigenvalue weighted by Gasteiger charge is 2.31. The number of rotatable bonds is 4. The lowest BCUT2D eigenvalue weighted by Gasteiger charge is -2.26. The Balaban J connectivity index is 1.25. The lowest BCUT2D eigenvalue weighted by atomic mass is 10.1. The number of carbonyl (C=O) groups is 2. The number of amides is 2. The maximum atomic E-state index is 12.8. The number of ether oxygens (including phenoxy) is 2. The summed E-state index contributed by atoms with van der Waals surface area (Å²) in [6, 6.07) is 18.8. The molecule has 0 saturated carbocycles. The van der Waals surface area contributed by atoms with Gasteiger partial charge in [0.2, 0.25) is 5.91 Å². The van der Waals surface area contributed by atoms with Gasteiger partial charge in [0.15, 0.2) is 11.5 Å². The molecule has 0 saturated heterocycles. The smallest absolute Gasteiger partial charge is 0.259 e. The predicted molar refractivity (Wildman–Crippen MR) is 105 cm³/mol. The maximum absolute atomic E-state index is 12.8. The van der Waals surface area contributed by atoms with Crippen LogP contribution in [0, 0.1) is 0 Å². The van der Waals surface area contributed by atoms with E-state index in [-0.39, 0.29) is 24.5 Å². The average molecular weight is 374 g/mol. The van der Waals surface area contributed by atoms with Crippen molar-refractivity contribution in [3.63, 3.8) is 0 Å². The summed E-state index contributed by atoms with van der Waals surface area (Å²) in [5.41, 5.74) is 1.42. The Morgan fingerprint density at radius 3 is 2.68 bits per heavy atom. The molecule has 3 aromatic carbocycles. The van der Waals surface area contributed by atoms with Gasteiger partial charge in [0.25, 0.3) is 5.91 Å². The molecule has 0 bridgehead atoms. The number of para-hydroxylation sites is 2. The zero-order valence-corrected chi connectivity index (χ0v) is 15.1. The van der Waals surface area contributed by atoms with E-state index in [1.807, 2.05) is 54.6 Å². The van der Waals surface area contributed by atoms with Crippen LogP contribution in [0.3, 0.4) is 0 Å². The number of carbonyl (C=O) groups excluding carboxylic acids is 2. The Morgan fingerprint density at radius 2 is 1.82 bits per heavy atom. The fraction of sp³-hybridized carbons (Fsp3) is 0.182. The molecule has 6 heteroatoms. The van der Waals surface area contributed by atoms with E-state index < -0.39 is 0 Å². The normalized spacial score (nSPS) is 17.1. The van der Waals surface area contributed by atoms with E-state index >= 15 is 0 Å². The summed E-state index contributed by atoms with van der Waals surface area (Å²) in [4.78, 5) is 26.8. The second-order valence-corrected chi connectivity index (χ2v) is 6.87. The van der Waals surface area contributed by atoms with Gasteiger partial charge in [-0.1, -0.05) is 36.4 Å². The van der Waals surface area contributed by atoms with Gasteiger partial charge in [-0.2, -0.15) is 0 Å². The molecule has 0 spiro atoms. The first-order chi connectivity index (χ1) is 13.7. The first-order valence-electron chi connectivity index (χ1n) is 9.19. The number of benzene rings is 3. The van der Waals surface area contributed by atoms with Gasteiger partial charge in [-0.15, -0.1) is 0 Å². The third-order valence-corrected chi connectivity index (χ3v) is 5.05. The molecule has 2 amide bonds. The van der Waals surface area contributed by atoms with Crippen LogP contribution >= 0.6 is 0 Å². The van der Waals surface area contributed by atoms with Crippen molar-refractivity contribution in [2.75, 3.05) is 24.6 Å². The molecule has 5 rings (SSSR count). The number of nitrogens with zero attached hydrogens (tertiary/aromatic N) is 1. The molecule has 1 unspecified atom stereocenters. The molecular formula is C22H18N2O4. The zero-order chi connectivity index (χ0) is 19.1. The molecule has 2 heterocycles. The second kappa shape index (κ2) is 6.56. The Labute approximate surface area is 161 Å². The van der Waals surface area contributed by atoms with E-state index in [0.29, 0.717) is 30.2 Å². The van der Waals surface area contributed by atoms with E-state index in [1.54, 1.807) is 6.07 Å². The lowest BCUT2D eigenvalue weighted by molar-refractivity contribution is -0.120. The van der Waals surface area contributed by atoms with Crippen molar-refractivity contribution in [3.8, 4) is 11.5 Å². The fourth-order valence-corrected chi connectivity index (χ4v) is 3.73. The van der Waals surface area contributed by atoms with Gasteiger partial charge in [-0.05, 0) is 29.7 Å². The lowest BCUT2D eigenvalue weighted by Crippen LogP contribution is -2.45. The minimum Gasteiger partial charge on any atom is -0.486 e. The van der Waals surface area contributed by atoms with Gasteiger partial charge in [-0.25, -0.2) is 0 Å². The fourth-order valence-electron chi connectivity index (χ4n) is 3.73. The Kier molecular flexibility index (Phi) is 3.90. The molecule has 0 aliphatic carbocycles. The molecule has 28 heavy (non-hydrogen) atoms. The van der Waals surface area contributed by atoms with Crippen LogP contribution in [0.2, 0.25) is 0 Å². The van der Waals surface area contributed by atoms with Crippen LogP contribution in [0.5, 0.6) is 11.5 Å². The summed E-state index contributed by atoms with van der Waals surface area (Å²) >= 11 is 0. The number of fused-ring (bicyclic) bond motifs is 1. The van der Waals surface area contributed by atoms with Crippen LogP contribution in [0.15, 0.2) is 60.7 Å². The highest BCUT2D eigenvalue weighted by Crippen LogP contribution is 2.37. The van der Waals surface area contributed by atoms with E-state index in [0.717, 1.165) is 16.5 Å². The highest BCUT2D eigenvalue weighted by molar-refractivity contribution is 6.26. The molecule has 140 valence electrons. The van der Waals surface area contributed by atoms with Crippen LogP contribution in [-0.4, -0.2) is 37.6 Å². The molecule has 2 aliphatic rings. The Hall–Kier alpha value is -3.54. The summed E-state index contributed by atoms with van der Waals surface area (Å²) in [7, 11) is 0. The molecule has 2 aliphatic heterocycles. The monoisotopic (exact) mass is 374 g/mol. The molecule has 3 aromatic rings. The van der Waals surface area contributed by atoms with Gasteiger partial charge in [0, 0.05) is 10.9 Å². The van der Waals surface area contributed by atoms with Gasteiger partial charge < -0.3 is 14.8 Å². The third kappa shape index (κ3) is 2.74. The van der Waals surface area contributed by atoms with Crippen LogP contribution in [-0.2, 0) is 4.79 Å². The summed E-state index contributed by atoms with van der Waals surface area (Å²) in [6.07, 6.45) is -0.270. The average Bonchev–Trinajstić information content (AvgIpc) is 3.00. The highest BCUT2D eigenvalue weighted by atomic mass is 16.6. The first-order valence-corrected chi connectivity index (χ1v) is 9.19. The molecule has 1 N–H and O–H groups in total. The molecule has 0 fully saturated rings. The number of hydrogen-bond donors (Lipinski definition) is 1. The van der Waals surface area contributed by atoms with Gasteiger partial charge in [-0.3, -0.25) is 14.5 Å². The summed E-state index contributed by atoms with van der Waals surface area (Å²) < 4.78 is 11.5. The van der Waals surface area contributed by atoms with Crippen molar-refractivity contribution >= 4 is 28.3 Å². The van der Waals surface area contributed by atoms with E-state index in [9.17, 15) is 9.59 Å². The topological polar surface area (TPSA) is 67.9 Å². The summed E-state index contributed by atoms with van der Waals surface area (Å²) in [5, 5.41) is 4.76. The van der Waals surface area contributed by atoms with Crippen LogP contribution in [0.25, 0.3) is 10.8 Å². The molecule has 6 nitrogen and oxygen atoms in total. The third-order valence-electron chi connectivity index (χ3n) is 5.05. The Morgan fingerprint density at radius 1 is 1.04 bits per heavy atom. The van der Waals surface area contributed by atoms with Crippen molar-refractivity contribution in [1.82, 2.24) is 5.32 Å². The van der Waals surface area contributed by atoms with Crippen LogP contribution < -0.4 is 19.7 Å². The SMILES string of the molecule is O=C(CN1C(=O)c2cccc3cccc1c23)NCC1COc2ccccc2O1. The van der Waals surface area contributed by atoms with E-state index in [2.05, 4.69) is 5.32 Å². The van der Waals surface area contributed by atoms with Crippen molar-refractivity contribution in [2.45, 2.75) is 6.10 Å². The number of nitrogens with one attached hydrogen (secondary N) is 1. The first kappa shape index (κ1) is 16.6. The quantitative estimate of drug-likeness (QED) is 0.763. The van der Waals surface area contributed by atoms with Gasteiger partial charge in [0.05, 0.1) is 12.2 Å². The Bertz CT molecular complexity index is 1090. The minimum absolute atomic E-state index is 0.0310. The van der Waals surface area contributed by atoms with Crippen LogP contribution in [0.1, 0.15) is 10.4 Å². The maximum Gasteiger partial charge on any atom is 0.259 e. The van der Waals surface area contributed by atoms with Crippen molar-refractivity contribution in [1.29, 1.82) is 0 Å². The van der Waals surface area contributed by atoms with E-state index in [1.165, 1.54) is 4.90 Å². The van der Waals surface area contributed by atoms with Gasteiger partial charge in [0.1, 0.15) is 19.3 Å². The minimum atomic E-state index is -0.270. The predicted octanol–water partition coefficient (Wildman–Crippen LogP) is 2.76. The van der Waals surface area contributed by atoms with Gasteiger partial charge >= 0.3 is 0 Å². The standard InChI is InChI=1S/C22H18N2O4/c25-20(23-11-15-13-27-18-9-1-2-10-19(18)28-15)12-24-17-8-4-6-14-5-3-7-16(21(14)17)22(24)26/h1-10,15H,11-13H2,(H,23,25).